The summed E-state index contributed by atoms with van der Waals surface area (Å²) in [6, 6.07) is 0. The van der Waals surface area contributed by atoms with Crippen LogP contribution in [-0.4, -0.2) is 46.0 Å². The highest BCUT2D eigenvalue weighted by Gasteiger charge is 2.16. The van der Waals surface area contributed by atoms with Crippen molar-refractivity contribution in [1.29, 1.82) is 0 Å². The molecule has 1 amide bonds. The van der Waals surface area contributed by atoms with Crippen LogP contribution in [0, 0.1) is 6.92 Å². The van der Waals surface area contributed by atoms with Crippen molar-refractivity contribution in [2.75, 3.05) is 13.1 Å². The van der Waals surface area contributed by atoms with Gasteiger partial charge in [-0.3, -0.25) is 19.9 Å². The molecule has 0 saturated carbocycles. The average molecular weight is 390 g/mol. The van der Waals surface area contributed by atoms with Crippen molar-refractivity contribution in [1.82, 2.24) is 20.6 Å². The van der Waals surface area contributed by atoms with Gasteiger partial charge in [0.05, 0.1) is 6.42 Å². The van der Waals surface area contributed by atoms with Gasteiger partial charge in [0, 0.05) is 31.9 Å². The van der Waals surface area contributed by atoms with Gasteiger partial charge in [0.1, 0.15) is 5.82 Å². The van der Waals surface area contributed by atoms with Crippen LogP contribution in [0.3, 0.4) is 0 Å². The highest BCUT2D eigenvalue weighted by molar-refractivity contribution is 5.96. The Kier molecular flexibility index (Phi) is 9.37. The standard InChI is InChI=1S/C20H31N5O3/c1-15-23-13-17(14-24-15)16(12-19(27)28)8-4-2-3-5-9-18(26)25-20-21-10-6-7-11-22-20/h13-14,16H,2-12H2,1H3,(H,27,28)(H2,21,22,25,26)/t16-/m0/s1. The lowest BCUT2D eigenvalue weighted by molar-refractivity contribution is -0.137. The van der Waals surface area contributed by atoms with E-state index in [0.717, 1.165) is 63.6 Å². The third-order valence-corrected chi connectivity index (χ3v) is 4.80. The first-order valence-corrected chi connectivity index (χ1v) is 10.1. The molecule has 0 saturated heterocycles. The lowest BCUT2D eigenvalue weighted by atomic mass is 9.92. The van der Waals surface area contributed by atoms with E-state index in [1.165, 1.54) is 0 Å². The topological polar surface area (TPSA) is 117 Å². The Morgan fingerprint density at radius 1 is 1.18 bits per heavy atom. The molecule has 1 aromatic heterocycles. The van der Waals surface area contributed by atoms with E-state index in [4.69, 9.17) is 5.11 Å². The smallest absolute Gasteiger partial charge is 0.303 e. The van der Waals surface area contributed by atoms with Crippen LogP contribution >= 0.6 is 0 Å². The highest BCUT2D eigenvalue weighted by atomic mass is 16.4. The number of hydrogen-bond donors (Lipinski definition) is 3. The summed E-state index contributed by atoms with van der Waals surface area (Å²) in [7, 11) is 0. The number of carbonyl (C=O) groups excluding carboxylic acids is 1. The molecule has 1 atom stereocenters. The van der Waals surface area contributed by atoms with Crippen molar-refractivity contribution in [3.05, 3.63) is 23.8 Å². The zero-order valence-electron chi connectivity index (χ0n) is 16.6. The number of amides is 1. The molecule has 8 nitrogen and oxygen atoms in total. The van der Waals surface area contributed by atoms with E-state index < -0.39 is 5.97 Å². The number of aryl methyl sites for hydroxylation is 1. The molecule has 8 heteroatoms. The molecular weight excluding hydrogens is 358 g/mol. The molecule has 1 aliphatic rings. The Hall–Kier alpha value is -2.51. The Morgan fingerprint density at radius 2 is 1.93 bits per heavy atom. The number of guanidine groups is 1. The number of aliphatic imine (C=N–C) groups is 1. The molecule has 28 heavy (non-hydrogen) atoms. The number of rotatable bonds is 10. The summed E-state index contributed by atoms with van der Waals surface area (Å²) in [5.41, 5.74) is 0.879. The molecule has 2 heterocycles. The number of nitrogens with zero attached hydrogens (tertiary/aromatic N) is 3. The van der Waals surface area contributed by atoms with E-state index in [2.05, 4.69) is 25.6 Å². The second kappa shape index (κ2) is 12.0. The second-order valence-electron chi connectivity index (χ2n) is 7.22. The number of aliphatic carboxylic acids is 1. The minimum absolute atomic E-state index is 0.00583. The van der Waals surface area contributed by atoms with E-state index in [0.29, 0.717) is 18.2 Å². The predicted molar refractivity (Wildman–Crippen MR) is 107 cm³/mol. The van der Waals surface area contributed by atoms with Crippen LogP contribution < -0.4 is 10.6 Å². The van der Waals surface area contributed by atoms with Crippen molar-refractivity contribution in [2.24, 2.45) is 4.99 Å². The third-order valence-electron chi connectivity index (χ3n) is 4.80. The molecule has 0 bridgehead atoms. The lowest BCUT2D eigenvalue weighted by Gasteiger charge is -2.14. The zero-order chi connectivity index (χ0) is 20.2. The summed E-state index contributed by atoms with van der Waals surface area (Å²) in [4.78, 5) is 35.8. The number of carbonyl (C=O) groups is 2. The van der Waals surface area contributed by atoms with Gasteiger partial charge in [-0.1, -0.05) is 19.3 Å². The molecule has 154 valence electrons. The van der Waals surface area contributed by atoms with E-state index in [1.807, 2.05) is 6.92 Å². The molecular formula is C20H31N5O3. The summed E-state index contributed by atoms with van der Waals surface area (Å²) in [5, 5.41) is 15.1. The number of carboxylic acid groups (broad SMARTS) is 1. The van der Waals surface area contributed by atoms with Crippen molar-refractivity contribution in [2.45, 2.75) is 70.6 Å². The van der Waals surface area contributed by atoms with E-state index in [9.17, 15) is 9.59 Å². The number of aromatic nitrogens is 2. The minimum atomic E-state index is -0.808. The number of nitrogens with one attached hydrogen (secondary N) is 2. The van der Waals surface area contributed by atoms with Gasteiger partial charge in [0.2, 0.25) is 5.91 Å². The fourth-order valence-corrected chi connectivity index (χ4v) is 3.21. The SMILES string of the molecule is Cc1ncc([C@@H](CCCCCCC(=O)NC2=NCCCCN2)CC(=O)O)cn1. The Morgan fingerprint density at radius 3 is 2.68 bits per heavy atom. The van der Waals surface area contributed by atoms with Crippen molar-refractivity contribution in [3.63, 3.8) is 0 Å². The summed E-state index contributed by atoms with van der Waals surface area (Å²) < 4.78 is 0. The molecule has 0 aliphatic carbocycles. The zero-order valence-corrected chi connectivity index (χ0v) is 16.6. The largest absolute Gasteiger partial charge is 0.481 e. The van der Waals surface area contributed by atoms with Gasteiger partial charge in [0.25, 0.3) is 0 Å². The summed E-state index contributed by atoms with van der Waals surface area (Å²) in [6.07, 6.45) is 10.6. The van der Waals surface area contributed by atoms with Gasteiger partial charge >= 0.3 is 5.97 Å². The maximum atomic E-state index is 12.0. The maximum absolute atomic E-state index is 12.0. The summed E-state index contributed by atoms with van der Waals surface area (Å²) in [6.45, 7) is 3.42. The quantitative estimate of drug-likeness (QED) is 0.530. The van der Waals surface area contributed by atoms with Crippen molar-refractivity contribution >= 4 is 17.8 Å². The highest BCUT2D eigenvalue weighted by Crippen LogP contribution is 2.25. The van der Waals surface area contributed by atoms with Crippen LogP contribution in [0.25, 0.3) is 0 Å². The first-order valence-electron chi connectivity index (χ1n) is 10.1. The van der Waals surface area contributed by atoms with Crippen LogP contribution in [0.1, 0.15) is 75.1 Å². The Labute approximate surface area is 166 Å². The fourth-order valence-electron chi connectivity index (χ4n) is 3.21. The first kappa shape index (κ1) is 21.8. The molecule has 0 aromatic carbocycles. The molecule has 3 N–H and O–H groups in total. The van der Waals surface area contributed by atoms with Crippen LogP contribution in [0.5, 0.6) is 0 Å². The third kappa shape index (κ3) is 8.45. The van der Waals surface area contributed by atoms with Crippen molar-refractivity contribution in [3.8, 4) is 0 Å². The van der Waals surface area contributed by atoms with Crippen LogP contribution in [-0.2, 0) is 9.59 Å². The van der Waals surface area contributed by atoms with Gasteiger partial charge in [-0.05, 0) is 44.1 Å². The van der Waals surface area contributed by atoms with Gasteiger partial charge in [-0.15, -0.1) is 0 Å². The van der Waals surface area contributed by atoms with E-state index >= 15 is 0 Å². The molecule has 0 unspecified atom stereocenters. The number of hydrogen-bond acceptors (Lipinski definition) is 6. The average Bonchev–Trinajstić information content (AvgIpc) is 2.92. The molecule has 0 radical (unpaired) electrons. The van der Waals surface area contributed by atoms with E-state index in [1.54, 1.807) is 12.4 Å². The van der Waals surface area contributed by atoms with Crippen LogP contribution in [0.2, 0.25) is 0 Å². The summed E-state index contributed by atoms with van der Waals surface area (Å²) in [5.74, 6) is 0.396. The van der Waals surface area contributed by atoms with E-state index in [-0.39, 0.29) is 18.2 Å². The minimum Gasteiger partial charge on any atom is -0.481 e. The van der Waals surface area contributed by atoms with Crippen LogP contribution in [0.4, 0.5) is 0 Å². The predicted octanol–water partition coefficient (Wildman–Crippen LogP) is 2.54. The first-order chi connectivity index (χ1) is 13.5. The monoisotopic (exact) mass is 389 g/mol. The Balaban J connectivity index is 1.64. The molecule has 0 fully saturated rings. The normalized spacial score (nSPS) is 15.1. The lowest BCUT2D eigenvalue weighted by Crippen LogP contribution is -2.40. The van der Waals surface area contributed by atoms with Crippen molar-refractivity contribution < 1.29 is 14.7 Å². The van der Waals surface area contributed by atoms with Gasteiger partial charge in [0.15, 0.2) is 5.96 Å². The molecule has 2 rings (SSSR count). The number of carboxylic acids is 1. The molecule has 1 aromatic rings. The van der Waals surface area contributed by atoms with Gasteiger partial charge < -0.3 is 10.4 Å². The van der Waals surface area contributed by atoms with Crippen LogP contribution in [0.15, 0.2) is 17.4 Å². The summed E-state index contributed by atoms with van der Waals surface area (Å²) >= 11 is 0. The Bertz CT molecular complexity index is 660. The fraction of sp³-hybridized carbons (Fsp3) is 0.650. The van der Waals surface area contributed by atoms with Gasteiger partial charge in [-0.25, -0.2) is 9.97 Å². The second-order valence-corrected chi connectivity index (χ2v) is 7.22. The van der Waals surface area contributed by atoms with Gasteiger partial charge in [-0.2, -0.15) is 0 Å². The molecule has 1 aliphatic heterocycles. The molecule has 0 spiro atoms. The number of unbranched alkanes of at least 4 members (excludes halogenated alkanes) is 3. The maximum Gasteiger partial charge on any atom is 0.303 e.